The van der Waals surface area contributed by atoms with Gasteiger partial charge in [0.1, 0.15) is 6.54 Å². The van der Waals surface area contributed by atoms with Crippen molar-refractivity contribution in [3.8, 4) is 0 Å². The van der Waals surface area contributed by atoms with E-state index in [-0.39, 0.29) is 37.8 Å². The van der Waals surface area contributed by atoms with Gasteiger partial charge in [-0.25, -0.2) is 4.68 Å². The van der Waals surface area contributed by atoms with E-state index in [9.17, 15) is 14.4 Å². The lowest BCUT2D eigenvalue weighted by atomic mass is 10.1. The van der Waals surface area contributed by atoms with Gasteiger partial charge in [0.25, 0.3) is 5.56 Å². The lowest BCUT2D eigenvalue weighted by Crippen LogP contribution is -2.41. The highest BCUT2D eigenvalue weighted by molar-refractivity contribution is 5.84. The van der Waals surface area contributed by atoms with Gasteiger partial charge in [0.15, 0.2) is 0 Å². The van der Waals surface area contributed by atoms with Crippen LogP contribution in [0.1, 0.15) is 5.69 Å². The molecule has 132 valence electrons. The van der Waals surface area contributed by atoms with E-state index in [1.54, 1.807) is 19.1 Å². The third-order valence-corrected chi connectivity index (χ3v) is 4.30. The summed E-state index contributed by atoms with van der Waals surface area (Å²) in [5.41, 5.74) is 0.320. The van der Waals surface area contributed by atoms with Crippen molar-refractivity contribution in [3.05, 3.63) is 40.3 Å². The van der Waals surface area contributed by atoms with Crippen LogP contribution < -0.4 is 5.56 Å². The Hall–Kier alpha value is -2.74. The first kappa shape index (κ1) is 17.1. The van der Waals surface area contributed by atoms with E-state index in [1.165, 1.54) is 4.90 Å². The lowest BCUT2D eigenvalue weighted by Gasteiger charge is -2.22. The number of hydrogen-bond donors (Lipinski definition) is 1. The molecule has 8 nitrogen and oxygen atoms in total. The van der Waals surface area contributed by atoms with Crippen molar-refractivity contribution < 1.29 is 19.4 Å². The minimum atomic E-state index is -1.00. The quantitative estimate of drug-likeness (QED) is 0.856. The van der Waals surface area contributed by atoms with Gasteiger partial charge in [-0.1, -0.05) is 18.2 Å². The maximum atomic E-state index is 12.6. The number of carbonyl (C=O) groups is 2. The molecule has 1 atom stereocenters. The smallest absolute Gasteiger partial charge is 0.310 e. The van der Waals surface area contributed by atoms with Gasteiger partial charge in [0.05, 0.1) is 30.2 Å². The van der Waals surface area contributed by atoms with Crippen LogP contribution in [0.5, 0.6) is 0 Å². The number of hydrogen-bond acceptors (Lipinski definition) is 5. The van der Waals surface area contributed by atoms with Crippen LogP contribution in [0.25, 0.3) is 10.8 Å². The Labute approximate surface area is 143 Å². The molecule has 0 spiro atoms. The summed E-state index contributed by atoms with van der Waals surface area (Å²) in [6, 6.07) is 7.11. The van der Waals surface area contributed by atoms with E-state index in [2.05, 4.69) is 5.10 Å². The Balaban J connectivity index is 1.85. The second-order valence-electron chi connectivity index (χ2n) is 6.04. The van der Waals surface area contributed by atoms with Crippen molar-refractivity contribution in [2.24, 2.45) is 5.92 Å². The molecule has 25 heavy (non-hydrogen) atoms. The van der Waals surface area contributed by atoms with Gasteiger partial charge in [0.2, 0.25) is 5.91 Å². The highest BCUT2D eigenvalue weighted by Gasteiger charge is 2.27. The van der Waals surface area contributed by atoms with E-state index in [0.717, 1.165) is 10.1 Å². The second kappa shape index (κ2) is 7.02. The Morgan fingerprint density at radius 3 is 2.76 bits per heavy atom. The Bertz CT molecular complexity index is 876. The third kappa shape index (κ3) is 3.53. The number of amides is 1. The molecule has 1 aliphatic heterocycles. The van der Waals surface area contributed by atoms with Crippen LogP contribution in [0.15, 0.2) is 29.1 Å². The number of carboxylic acids is 1. The number of nitrogens with zero attached hydrogens (tertiary/aromatic N) is 3. The first-order valence-electron chi connectivity index (χ1n) is 8.02. The zero-order chi connectivity index (χ0) is 18.0. The van der Waals surface area contributed by atoms with Crippen LogP contribution in [-0.2, 0) is 20.9 Å². The molecule has 3 rings (SSSR count). The standard InChI is InChI=1S/C17H19N3O5/c1-11-13-4-2-3-5-14(13)16(22)20(18-11)9-15(21)19-6-7-25-10-12(8-19)17(23)24/h2-5,12H,6-10H2,1H3,(H,23,24). The normalized spacial score (nSPS) is 18.1. The molecule has 1 aliphatic rings. The summed E-state index contributed by atoms with van der Waals surface area (Å²) in [6.07, 6.45) is 0. The third-order valence-electron chi connectivity index (χ3n) is 4.30. The monoisotopic (exact) mass is 345 g/mol. The van der Waals surface area contributed by atoms with Gasteiger partial charge in [-0.3, -0.25) is 14.4 Å². The van der Waals surface area contributed by atoms with E-state index in [0.29, 0.717) is 17.6 Å². The summed E-state index contributed by atoms with van der Waals surface area (Å²) in [6.45, 7) is 2.26. The van der Waals surface area contributed by atoms with E-state index >= 15 is 0 Å². The second-order valence-corrected chi connectivity index (χ2v) is 6.04. The average molecular weight is 345 g/mol. The van der Waals surface area contributed by atoms with Gasteiger partial charge in [-0.05, 0) is 13.0 Å². The zero-order valence-electron chi connectivity index (χ0n) is 13.8. The van der Waals surface area contributed by atoms with Crippen LogP contribution in [0.2, 0.25) is 0 Å². The molecule has 0 bridgehead atoms. The molecule has 1 amide bonds. The predicted molar refractivity (Wildman–Crippen MR) is 89.3 cm³/mol. The molecule has 2 heterocycles. The van der Waals surface area contributed by atoms with Gasteiger partial charge >= 0.3 is 5.97 Å². The molecular formula is C17H19N3O5. The van der Waals surface area contributed by atoms with Gasteiger partial charge in [-0.15, -0.1) is 0 Å². The van der Waals surface area contributed by atoms with Crippen molar-refractivity contribution in [2.75, 3.05) is 26.3 Å². The molecule has 1 saturated heterocycles. The number of rotatable bonds is 3. The van der Waals surface area contributed by atoms with Crippen molar-refractivity contribution >= 4 is 22.6 Å². The molecule has 0 aliphatic carbocycles. The fourth-order valence-electron chi connectivity index (χ4n) is 2.93. The Kier molecular flexibility index (Phi) is 4.80. The first-order chi connectivity index (χ1) is 12.0. The van der Waals surface area contributed by atoms with Crippen LogP contribution >= 0.6 is 0 Å². The number of carbonyl (C=O) groups excluding carboxylic acids is 1. The van der Waals surface area contributed by atoms with E-state index in [1.807, 2.05) is 12.1 Å². The number of aliphatic carboxylic acids is 1. The molecule has 1 aromatic carbocycles. The molecule has 1 fully saturated rings. The minimum Gasteiger partial charge on any atom is -0.481 e. The molecule has 2 aromatic rings. The van der Waals surface area contributed by atoms with E-state index < -0.39 is 11.9 Å². The van der Waals surface area contributed by atoms with Crippen molar-refractivity contribution in [1.82, 2.24) is 14.7 Å². The molecule has 1 aromatic heterocycles. The Morgan fingerprint density at radius 1 is 1.32 bits per heavy atom. The number of aromatic nitrogens is 2. The fourth-order valence-corrected chi connectivity index (χ4v) is 2.93. The lowest BCUT2D eigenvalue weighted by molar-refractivity contribution is -0.144. The number of ether oxygens (including phenoxy) is 1. The van der Waals surface area contributed by atoms with Crippen molar-refractivity contribution in [2.45, 2.75) is 13.5 Å². The van der Waals surface area contributed by atoms with Gasteiger partial charge in [0, 0.05) is 18.5 Å². The Morgan fingerprint density at radius 2 is 2.04 bits per heavy atom. The SMILES string of the molecule is Cc1nn(CC(=O)N2CCOCC(C(=O)O)C2)c(=O)c2ccccc12. The number of benzene rings is 1. The summed E-state index contributed by atoms with van der Waals surface area (Å²) in [4.78, 5) is 37.7. The summed E-state index contributed by atoms with van der Waals surface area (Å²) in [5, 5.41) is 14.6. The molecule has 1 N–H and O–H groups in total. The van der Waals surface area contributed by atoms with Crippen molar-refractivity contribution in [1.29, 1.82) is 0 Å². The van der Waals surface area contributed by atoms with Gasteiger partial charge in [-0.2, -0.15) is 5.10 Å². The van der Waals surface area contributed by atoms with Gasteiger partial charge < -0.3 is 14.7 Å². The maximum absolute atomic E-state index is 12.6. The largest absolute Gasteiger partial charge is 0.481 e. The highest BCUT2D eigenvalue weighted by atomic mass is 16.5. The van der Waals surface area contributed by atoms with Crippen molar-refractivity contribution in [3.63, 3.8) is 0 Å². The summed E-state index contributed by atoms with van der Waals surface area (Å²) in [5.74, 6) is -2.12. The summed E-state index contributed by atoms with van der Waals surface area (Å²) in [7, 11) is 0. The number of aryl methyl sites for hydroxylation is 1. The maximum Gasteiger partial charge on any atom is 0.310 e. The predicted octanol–water partition coefficient (Wildman–Crippen LogP) is 0.265. The molecular weight excluding hydrogens is 326 g/mol. The highest BCUT2D eigenvalue weighted by Crippen LogP contribution is 2.12. The topological polar surface area (TPSA) is 102 Å². The molecule has 1 unspecified atom stereocenters. The van der Waals surface area contributed by atoms with Crippen LogP contribution in [0, 0.1) is 12.8 Å². The minimum absolute atomic E-state index is 0.0650. The number of fused-ring (bicyclic) bond motifs is 1. The van der Waals surface area contributed by atoms with Crippen LogP contribution in [0.4, 0.5) is 0 Å². The molecule has 0 radical (unpaired) electrons. The fraction of sp³-hybridized carbons (Fsp3) is 0.412. The molecule has 0 saturated carbocycles. The molecule has 8 heteroatoms. The summed E-state index contributed by atoms with van der Waals surface area (Å²) >= 11 is 0. The zero-order valence-corrected chi connectivity index (χ0v) is 13.8. The summed E-state index contributed by atoms with van der Waals surface area (Å²) < 4.78 is 6.38. The van der Waals surface area contributed by atoms with Crippen LogP contribution in [-0.4, -0.2) is 58.0 Å². The number of carboxylic acid groups (broad SMARTS) is 1. The first-order valence-corrected chi connectivity index (χ1v) is 8.02. The van der Waals surface area contributed by atoms with E-state index in [4.69, 9.17) is 9.84 Å². The van der Waals surface area contributed by atoms with Crippen LogP contribution in [0.3, 0.4) is 0 Å². The average Bonchev–Trinajstić information content (AvgIpc) is 2.86.